The van der Waals surface area contributed by atoms with E-state index in [1.807, 2.05) is 11.8 Å². The SMILES string of the molecule is CCCNc1nc(C2CC2)nc(SC(C)(C)C)c1C. The largest absolute Gasteiger partial charge is 0.370 e. The molecule has 0 radical (unpaired) electrons. The number of rotatable bonds is 5. The molecule has 0 aromatic carbocycles. The number of nitrogens with zero attached hydrogens (tertiary/aromatic N) is 2. The summed E-state index contributed by atoms with van der Waals surface area (Å²) in [7, 11) is 0. The predicted octanol–water partition coefficient (Wildman–Crippen LogP) is 4.37. The highest BCUT2D eigenvalue weighted by atomic mass is 32.2. The molecule has 1 aliphatic rings. The van der Waals surface area contributed by atoms with Crippen LogP contribution in [0.25, 0.3) is 0 Å². The van der Waals surface area contributed by atoms with E-state index in [-0.39, 0.29) is 4.75 Å². The molecule has 1 N–H and O–H groups in total. The van der Waals surface area contributed by atoms with E-state index in [0.717, 1.165) is 29.6 Å². The average Bonchev–Trinajstić information content (AvgIpc) is 3.12. The second-order valence-corrected chi connectivity index (χ2v) is 8.09. The lowest BCUT2D eigenvalue weighted by atomic mass is 10.3. The molecule has 0 unspecified atom stereocenters. The Morgan fingerprint density at radius 2 is 1.95 bits per heavy atom. The molecular weight excluding hydrogens is 254 g/mol. The quantitative estimate of drug-likeness (QED) is 0.641. The third-order valence-electron chi connectivity index (χ3n) is 3.01. The van der Waals surface area contributed by atoms with Gasteiger partial charge in [0.05, 0.1) is 0 Å². The van der Waals surface area contributed by atoms with Crippen molar-refractivity contribution in [3.63, 3.8) is 0 Å². The zero-order chi connectivity index (χ0) is 14.0. The predicted molar refractivity (Wildman–Crippen MR) is 83.1 cm³/mol. The van der Waals surface area contributed by atoms with Crippen molar-refractivity contribution in [2.75, 3.05) is 11.9 Å². The second kappa shape index (κ2) is 5.70. The van der Waals surface area contributed by atoms with Gasteiger partial charge in [0.15, 0.2) is 0 Å². The van der Waals surface area contributed by atoms with Crippen molar-refractivity contribution in [3.8, 4) is 0 Å². The summed E-state index contributed by atoms with van der Waals surface area (Å²) in [5.41, 5.74) is 1.19. The third kappa shape index (κ3) is 4.10. The molecule has 19 heavy (non-hydrogen) atoms. The Morgan fingerprint density at radius 1 is 1.26 bits per heavy atom. The molecule has 1 aromatic rings. The molecule has 1 fully saturated rings. The van der Waals surface area contributed by atoms with Crippen molar-refractivity contribution < 1.29 is 0 Å². The van der Waals surface area contributed by atoms with Gasteiger partial charge in [0.2, 0.25) is 0 Å². The van der Waals surface area contributed by atoms with Crippen LogP contribution in [-0.2, 0) is 0 Å². The van der Waals surface area contributed by atoms with Gasteiger partial charge in [0.25, 0.3) is 0 Å². The molecule has 0 amide bonds. The first-order valence-electron chi connectivity index (χ1n) is 7.22. The molecule has 3 nitrogen and oxygen atoms in total. The van der Waals surface area contributed by atoms with Crippen LogP contribution in [0.2, 0.25) is 0 Å². The van der Waals surface area contributed by atoms with Crippen molar-refractivity contribution in [3.05, 3.63) is 11.4 Å². The molecule has 1 heterocycles. The molecule has 0 saturated heterocycles. The number of hydrogen-bond donors (Lipinski definition) is 1. The summed E-state index contributed by atoms with van der Waals surface area (Å²) < 4.78 is 0.183. The Hall–Kier alpha value is -0.770. The fourth-order valence-electron chi connectivity index (χ4n) is 1.84. The van der Waals surface area contributed by atoms with Gasteiger partial charge in [-0.05, 0) is 26.2 Å². The Kier molecular flexibility index (Phi) is 4.39. The molecule has 0 aliphatic heterocycles. The maximum Gasteiger partial charge on any atom is 0.135 e. The standard InChI is InChI=1S/C15H25N3S/c1-6-9-16-12-10(2)14(19-15(3,4)5)18-13(17-12)11-7-8-11/h11H,6-9H2,1-5H3,(H,16,17,18). The zero-order valence-corrected chi connectivity index (χ0v) is 13.5. The first kappa shape index (κ1) is 14.6. The molecular formula is C15H25N3S. The van der Waals surface area contributed by atoms with Crippen LogP contribution in [0.1, 0.15) is 64.3 Å². The normalized spacial score (nSPS) is 15.6. The van der Waals surface area contributed by atoms with Gasteiger partial charge in [-0.15, -0.1) is 11.8 Å². The maximum atomic E-state index is 4.80. The zero-order valence-electron chi connectivity index (χ0n) is 12.7. The van der Waals surface area contributed by atoms with Gasteiger partial charge >= 0.3 is 0 Å². The molecule has 1 aliphatic carbocycles. The monoisotopic (exact) mass is 279 g/mol. The minimum atomic E-state index is 0.183. The summed E-state index contributed by atoms with van der Waals surface area (Å²) in [6.45, 7) is 12.0. The first-order chi connectivity index (χ1) is 8.90. The van der Waals surface area contributed by atoms with Crippen LogP contribution in [0.3, 0.4) is 0 Å². The van der Waals surface area contributed by atoms with Crippen LogP contribution in [-0.4, -0.2) is 21.3 Å². The summed E-state index contributed by atoms with van der Waals surface area (Å²) in [6.07, 6.45) is 3.61. The van der Waals surface area contributed by atoms with Gasteiger partial charge in [-0.1, -0.05) is 27.7 Å². The van der Waals surface area contributed by atoms with Crippen LogP contribution >= 0.6 is 11.8 Å². The fraction of sp³-hybridized carbons (Fsp3) is 0.733. The van der Waals surface area contributed by atoms with Crippen LogP contribution in [0, 0.1) is 6.92 Å². The van der Waals surface area contributed by atoms with Crippen molar-refractivity contribution in [2.24, 2.45) is 0 Å². The van der Waals surface area contributed by atoms with E-state index >= 15 is 0 Å². The van der Waals surface area contributed by atoms with Crippen molar-refractivity contribution in [1.29, 1.82) is 0 Å². The highest BCUT2D eigenvalue weighted by Crippen LogP contribution is 2.41. The minimum absolute atomic E-state index is 0.183. The number of nitrogens with one attached hydrogen (secondary N) is 1. The van der Waals surface area contributed by atoms with Crippen molar-refractivity contribution >= 4 is 17.6 Å². The molecule has 0 atom stereocenters. The Bertz CT molecular complexity index is 447. The lowest BCUT2D eigenvalue weighted by molar-refractivity contribution is 0.789. The van der Waals surface area contributed by atoms with Crippen molar-refractivity contribution in [1.82, 2.24) is 9.97 Å². The summed E-state index contributed by atoms with van der Waals surface area (Å²) >= 11 is 1.84. The van der Waals surface area contributed by atoms with Gasteiger partial charge in [-0.3, -0.25) is 0 Å². The topological polar surface area (TPSA) is 37.8 Å². The molecule has 0 spiro atoms. The Labute approximate surface area is 121 Å². The van der Waals surface area contributed by atoms with E-state index in [4.69, 9.17) is 9.97 Å². The van der Waals surface area contributed by atoms with E-state index in [9.17, 15) is 0 Å². The minimum Gasteiger partial charge on any atom is -0.370 e. The van der Waals surface area contributed by atoms with Gasteiger partial charge in [-0.2, -0.15) is 0 Å². The highest BCUT2D eigenvalue weighted by molar-refractivity contribution is 8.00. The van der Waals surface area contributed by atoms with E-state index in [1.165, 1.54) is 18.4 Å². The number of hydrogen-bond acceptors (Lipinski definition) is 4. The smallest absolute Gasteiger partial charge is 0.135 e. The molecule has 4 heteroatoms. The maximum absolute atomic E-state index is 4.80. The summed E-state index contributed by atoms with van der Waals surface area (Å²) in [6, 6.07) is 0. The van der Waals surface area contributed by atoms with E-state index in [1.54, 1.807) is 0 Å². The van der Waals surface area contributed by atoms with Crippen LogP contribution in [0.5, 0.6) is 0 Å². The number of aromatic nitrogens is 2. The van der Waals surface area contributed by atoms with Crippen LogP contribution in [0.15, 0.2) is 5.03 Å². The summed E-state index contributed by atoms with van der Waals surface area (Å²) in [4.78, 5) is 9.53. The molecule has 0 bridgehead atoms. The van der Waals surface area contributed by atoms with Crippen LogP contribution < -0.4 is 5.32 Å². The summed E-state index contributed by atoms with van der Waals surface area (Å²) in [5, 5.41) is 4.59. The number of anilines is 1. The van der Waals surface area contributed by atoms with Gasteiger partial charge in [-0.25, -0.2) is 9.97 Å². The molecule has 1 aromatic heterocycles. The van der Waals surface area contributed by atoms with E-state index < -0.39 is 0 Å². The lowest BCUT2D eigenvalue weighted by Gasteiger charge is -2.20. The van der Waals surface area contributed by atoms with Crippen LogP contribution in [0.4, 0.5) is 5.82 Å². The number of thioether (sulfide) groups is 1. The van der Waals surface area contributed by atoms with Gasteiger partial charge in [0.1, 0.15) is 16.7 Å². The Morgan fingerprint density at radius 3 is 2.47 bits per heavy atom. The molecule has 2 rings (SSSR count). The van der Waals surface area contributed by atoms with Gasteiger partial charge in [0, 0.05) is 22.8 Å². The second-order valence-electron chi connectivity index (χ2n) is 6.28. The first-order valence-corrected chi connectivity index (χ1v) is 8.04. The highest BCUT2D eigenvalue weighted by Gasteiger charge is 2.29. The average molecular weight is 279 g/mol. The lowest BCUT2D eigenvalue weighted by Crippen LogP contribution is -2.12. The fourth-order valence-corrected chi connectivity index (χ4v) is 2.81. The molecule has 1 saturated carbocycles. The molecule has 106 valence electrons. The van der Waals surface area contributed by atoms with E-state index in [0.29, 0.717) is 5.92 Å². The van der Waals surface area contributed by atoms with Gasteiger partial charge < -0.3 is 5.32 Å². The Balaban J connectivity index is 2.31. The summed E-state index contributed by atoms with van der Waals surface area (Å²) in [5.74, 6) is 2.67. The van der Waals surface area contributed by atoms with E-state index in [2.05, 4.69) is 39.9 Å². The van der Waals surface area contributed by atoms with Crippen molar-refractivity contribution in [2.45, 2.75) is 69.6 Å². The third-order valence-corrected chi connectivity index (χ3v) is 4.21.